The maximum absolute atomic E-state index is 15.3. The highest BCUT2D eigenvalue weighted by atomic mass is 35.5. The number of phenolic OH excluding ortho intramolecular Hbond substituents is 1. The van der Waals surface area contributed by atoms with Crippen LogP contribution in [0.1, 0.15) is 47.2 Å². The third kappa shape index (κ3) is 4.71. The molecule has 4 aromatic rings. The minimum absolute atomic E-state index is 0.134. The zero-order valence-electron chi connectivity index (χ0n) is 27.8. The average molecular weight is 701 g/mol. The summed E-state index contributed by atoms with van der Waals surface area (Å²) in [6.07, 6.45) is 2.35. The number of methoxy groups -OCH3 is 1. The van der Waals surface area contributed by atoms with Gasteiger partial charge in [-0.3, -0.25) is 28.9 Å². The first-order valence-electron chi connectivity index (χ1n) is 16.8. The monoisotopic (exact) mass is 700 g/mol. The normalized spacial score (nSPS) is 26.8. The molecule has 51 heavy (non-hydrogen) atoms. The molecular weight excluding hydrogens is 668 g/mol. The van der Waals surface area contributed by atoms with Crippen LogP contribution in [-0.4, -0.2) is 41.6 Å². The van der Waals surface area contributed by atoms with Gasteiger partial charge in [-0.05, 0) is 91.4 Å². The molecule has 6 atom stereocenters. The van der Waals surface area contributed by atoms with Gasteiger partial charge in [0.15, 0.2) is 17.3 Å². The van der Waals surface area contributed by atoms with Crippen LogP contribution >= 0.6 is 11.6 Å². The van der Waals surface area contributed by atoms with Crippen LogP contribution in [0.15, 0.2) is 109 Å². The molecule has 0 bridgehead atoms. The summed E-state index contributed by atoms with van der Waals surface area (Å²) in [5.74, 6) is -5.40. The number of rotatable bonds is 6. The fourth-order valence-electron chi connectivity index (χ4n) is 9.11. The SMILES string of the molecule is COc1ccc([C@H]2C3=CC[C@@H]4C(=O)N(c5ccc(C(C)=O)cc5)C(=O)[C@@H]4[C@@H]3C[C@H]3C(=O)N(c4cccc(Cl)c4)C(=O)[C@@]23c2ccccc2)cc1O. The average Bonchev–Trinajstić information content (AvgIpc) is 3.52. The highest BCUT2D eigenvalue weighted by Crippen LogP contribution is 2.64. The number of benzene rings is 4. The second kappa shape index (κ2) is 12.1. The lowest BCUT2D eigenvalue weighted by atomic mass is 9.49. The molecular formula is C41H33ClN2O7. The van der Waals surface area contributed by atoms with Gasteiger partial charge in [-0.15, -0.1) is 0 Å². The molecule has 0 radical (unpaired) electrons. The topological polar surface area (TPSA) is 121 Å². The van der Waals surface area contributed by atoms with Gasteiger partial charge in [0.25, 0.3) is 0 Å². The lowest BCUT2D eigenvalue weighted by Crippen LogP contribution is -2.53. The second-order valence-electron chi connectivity index (χ2n) is 13.6. The van der Waals surface area contributed by atoms with E-state index in [1.807, 2.05) is 36.4 Å². The summed E-state index contributed by atoms with van der Waals surface area (Å²) in [4.78, 5) is 73.0. The molecule has 10 heteroatoms. The van der Waals surface area contributed by atoms with Crippen molar-refractivity contribution in [2.45, 2.75) is 31.1 Å². The Morgan fingerprint density at radius 2 is 1.57 bits per heavy atom. The first-order chi connectivity index (χ1) is 24.6. The predicted molar refractivity (Wildman–Crippen MR) is 190 cm³/mol. The van der Waals surface area contributed by atoms with Gasteiger partial charge in [-0.25, -0.2) is 4.90 Å². The van der Waals surface area contributed by atoms with E-state index in [0.29, 0.717) is 33.1 Å². The molecule has 9 nitrogen and oxygen atoms in total. The first-order valence-corrected chi connectivity index (χ1v) is 17.2. The van der Waals surface area contributed by atoms with Crippen molar-refractivity contribution in [2.24, 2.45) is 23.7 Å². The van der Waals surface area contributed by atoms with Crippen LogP contribution in [0.25, 0.3) is 0 Å². The van der Waals surface area contributed by atoms with Crippen molar-refractivity contribution in [1.29, 1.82) is 0 Å². The van der Waals surface area contributed by atoms with Crippen molar-refractivity contribution in [2.75, 3.05) is 16.9 Å². The van der Waals surface area contributed by atoms with Gasteiger partial charge in [0.1, 0.15) is 0 Å². The number of ether oxygens (including phenoxy) is 1. The van der Waals surface area contributed by atoms with E-state index in [-0.39, 0.29) is 41.9 Å². The van der Waals surface area contributed by atoms with Gasteiger partial charge in [-0.1, -0.05) is 65.7 Å². The number of hydrogen-bond acceptors (Lipinski definition) is 7. The third-order valence-corrected chi connectivity index (χ3v) is 11.5. The Bertz CT molecular complexity index is 2180. The Hall–Kier alpha value is -5.54. The van der Waals surface area contributed by atoms with Gasteiger partial charge < -0.3 is 9.84 Å². The molecule has 2 aliphatic heterocycles. The first kappa shape index (κ1) is 32.7. The van der Waals surface area contributed by atoms with Crippen LogP contribution in [0.4, 0.5) is 11.4 Å². The smallest absolute Gasteiger partial charge is 0.246 e. The maximum atomic E-state index is 15.3. The van der Waals surface area contributed by atoms with Crippen LogP contribution in [0.2, 0.25) is 5.02 Å². The molecule has 0 unspecified atom stereocenters. The fourth-order valence-corrected chi connectivity index (χ4v) is 9.29. The maximum Gasteiger partial charge on any atom is 0.246 e. The fraction of sp³-hybridized carbons (Fsp3) is 0.244. The van der Waals surface area contributed by atoms with E-state index in [0.717, 1.165) is 5.57 Å². The van der Waals surface area contributed by atoms with Crippen LogP contribution in [-0.2, 0) is 24.6 Å². The number of anilines is 2. The van der Waals surface area contributed by atoms with Crippen molar-refractivity contribution in [1.82, 2.24) is 0 Å². The van der Waals surface area contributed by atoms with Crippen molar-refractivity contribution < 1.29 is 33.8 Å². The van der Waals surface area contributed by atoms with E-state index in [9.17, 15) is 24.3 Å². The molecule has 3 fully saturated rings. The molecule has 1 N–H and O–H groups in total. The molecule has 0 aromatic heterocycles. The van der Waals surface area contributed by atoms with Crippen LogP contribution < -0.4 is 14.5 Å². The number of carbonyl (C=O) groups is 5. The van der Waals surface area contributed by atoms with E-state index in [1.54, 1.807) is 66.7 Å². The Labute approximate surface area is 299 Å². The van der Waals surface area contributed by atoms with E-state index in [4.69, 9.17) is 16.3 Å². The number of ketones is 1. The summed E-state index contributed by atoms with van der Waals surface area (Å²) >= 11 is 6.38. The molecule has 2 saturated heterocycles. The summed E-state index contributed by atoms with van der Waals surface area (Å²) in [7, 11) is 1.45. The van der Waals surface area contributed by atoms with Crippen molar-refractivity contribution >= 4 is 52.4 Å². The Kier molecular flexibility index (Phi) is 7.72. The molecule has 8 rings (SSSR count). The zero-order valence-corrected chi connectivity index (χ0v) is 28.5. The van der Waals surface area contributed by atoms with Crippen LogP contribution in [0.5, 0.6) is 11.5 Å². The zero-order chi connectivity index (χ0) is 35.8. The summed E-state index contributed by atoms with van der Waals surface area (Å²) in [6.45, 7) is 1.45. The highest BCUT2D eigenvalue weighted by Gasteiger charge is 2.70. The number of fused-ring (bicyclic) bond motifs is 4. The summed E-state index contributed by atoms with van der Waals surface area (Å²) in [5.41, 5.74) is 1.66. The number of halogens is 1. The standard InChI is InChI=1S/C41H33ClN2O7/c1-22(45)23-11-14-27(15-12-23)43-37(47)30-17-16-29-31(35(30)39(43)49)21-32-38(48)44(28-10-6-9-26(42)20-28)40(50)41(32,25-7-4-3-5-8-25)36(29)24-13-18-34(51-2)33(46)19-24/h3-16,18-20,30-32,35-36,46H,17,21H2,1-2H3/t30-,31+,32-,35-,36-,41+/m0/s1. The van der Waals surface area contributed by atoms with Crippen LogP contribution in [0, 0.1) is 23.7 Å². The van der Waals surface area contributed by atoms with Crippen molar-refractivity contribution in [3.8, 4) is 11.5 Å². The summed E-state index contributed by atoms with van der Waals surface area (Å²) in [5, 5.41) is 11.4. The van der Waals surface area contributed by atoms with Crippen LogP contribution in [0.3, 0.4) is 0 Å². The van der Waals surface area contributed by atoms with Crippen molar-refractivity contribution in [3.63, 3.8) is 0 Å². The summed E-state index contributed by atoms with van der Waals surface area (Å²) < 4.78 is 5.36. The number of carbonyl (C=O) groups excluding carboxylic acids is 5. The second-order valence-corrected chi connectivity index (χ2v) is 14.1. The number of aromatic hydroxyl groups is 1. The third-order valence-electron chi connectivity index (χ3n) is 11.2. The van der Waals surface area contributed by atoms with Gasteiger partial charge in [0.05, 0.1) is 41.7 Å². The van der Waals surface area contributed by atoms with Gasteiger partial charge in [0.2, 0.25) is 23.6 Å². The molecule has 4 aliphatic rings. The Balaban J connectivity index is 1.33. The number of hydrogen-bond donors (Lipinski definition) is 1. The predicted octanol–water partition coefficient (Wildman–Crippen LogP) is 6.62. The van der Waals surface area contributed by atoms with Crippen molar-refractivity contribution in [3.05, 3.63) is 130 Å². The van der Waals surface area contributed by atoms with E-state index in [2.05, 4.69) is 0 Å². The number of imide groups is 2. The number of Topliss-reactive ketones (excluding diaryl/α,β-unsaturated/α-hetero) is 1. The minimum atomic E-state index is -1.47. The number of phenols is 1. The highest BCUT2D eigenvalue weighted by molar-refractivity contribution is 6.32. The number of amides is 4. The molecule has 2 aliphatic carbocycles. The number of nitrogens with zero attached hydrogens (tertiary/aromatic N) is 2. The Morgan fingerprint density at radius 1 is 0.824 bits per heavy atom. The van der Waals surface area contributed by atoms with Gasteiger partial charge in [0, 0.05) is 16.5 Å². The lowest BCUT2D eigenvalue weighted by molar-refractivity contribution is -0.127. The van der Waals surface area contributed by atoms with Gasteiger partial charge in [-0.2, -0.15) is 0 Å². The molecule has 0 spiro atoms. The molecule has 2 heterocycles. The minimum Gasteiger partial charge on any atom is -0.504 e. The molecule has 4 amide bonds. The molecule has 1 saturated carbocycles. The Morgan fingerprint density at radius 3 is 2.24 bits per heavy atom. The number of allylic oxidation sites excluding steroid dienone is 2. The molecule has 4 aromatic carbocycles. The summed E-state index contributed by atoms with van der Waals surface area (Å²) in [6, 6.07) is 27.2. The van der Waals surface area contributed by atoms with E-state index in [1.165, 1.54) is 23.8 Å². The van der Waals surface area contributed by atoms with Gasteiger partial charge >= 0.3 is 0 Å². The molecule has 256 valence electrons. The lowest BCUT2D eigenvalue weighted by Gasteiger charge is -2.50. The van der Waals surface area contributed by atoms with E-state index < -0.39 is 46.8 Å². The quantitative estimate of drug-likeness (QED) is 0.136. The van der Waals surface area contributed by atoms with E-state index >= 15 is 4.79 Å². The largest absolute Gasteiger partial charge is 0.504 e.